The number of pyridine rings is 1. The van der Waals surface area contributed by atoms with E-state index in [4.69, 9.17) is 10.5 Å². The minimum Gasteiger partial charge on any atom is -0.457 e. The third kappa shape index (κ3) is 4.10. The van der Waals surface area contributed by atoms with Gasteiger partial charge in [-0.05, 0) is 42.0 Å². The molecule has 0 saturated carbocycles. The summed E-state index contributed by atoms with van der Waals surface area (Å²) >= 11 is 0. The Labute approximate surface area is 140 Å². The van der Waals surface area contributed by atoms with Gasteiger partial charge in [0.1, 0.15) is 17.3 Å². The number of carbonyl (C=O) groups is 1. The lowest BCUT2D eigenvalue weighted by atomic mass is 10.2. The molecule has 0 bridgehead atoms. The molecule has 1 amide bonds. The monoisotopic (exact) mass is 319 g/mol. The highest BCUT2D eigenvalue weighted by molar-refractivity contribution is 5.93. The lowest BCUT2D eigenvalue weighted by Crippen LogP contribution is -2.22. The van der Waals surface area contributed by atoms with Crippen LogP contribution >= 0.6 is 0 Å². The molecule has 24 heavy (non-hydrogen) atoms. The fourth-order valence-corrected chi connectivity index (χ4v) is 2.17. The van der Waals surface area contributed by atoms with Crippen LogP contribution in [0.3, 0.4) is 0 Å². The van der Waals surface area contributed by atoms with Crippen LogP contribution in [0.4, 0.5) is 5.82 Å². The van der Waals surface area contributed by atoms with Crippen LogP contribution in [0.1, 0.15) is 15.9 Å². The van der Waals surface area contributed by atoms with Gasteiger partial charge in [0.25, 0.3) is 5.91 Å². The minimum atomic E-state index is -0.197. The first-order valence-electron chi connectivity index (χ1n) is 7.52. The largest absolute Gasteiger partial charge is 0.457 e. The Hall–Kier alpha value is -3.34. The number of aromatic nitrogens is 1. The van der Waals surface area contributed by atoms with Gasteiger partial charge >= 0.3 is 0 Å². The van der Waals surface area contributed by atoms with E-state index in [2.05, 4.69) is 10.3 Å². The van der Waals surface area contributed by atoms with Crippen LogP contribution in [0.25, 0.3) is 0 Å². The second-order valence-electron chi connectivity index (χ2n) is 5.22. The maximum absolute atomic E-state index is 12.1. The van der Waals surface area contributed by atoms with Gasteiger partial charge in [0.05, 0.1) is 5.56 Å². The van der Waals surface area contributed by atoms with Crippen molar-refractivity contribution in [2.24, 2.45) is 0 Å². The molecule has 0 aliphatic heterocycles. The summed E-state index contributed by atoms with van der Waals surface area (Å²) in [5.41, 5.74) is 6.93. The zero-order valence-corrected chi connectivity index (χ0v) is 13.0. The molecular weight excluding hydrogens is 302 g/mol. The third-order valence-electron chi connectivity index (χ3n) is 3.38. The average Bonchev–Trinajstić information content (AvgIpc) is 2.61. The summed E-state index contributed by atoms with van der Waals surface area (Å²) in [7, 11) is 0. The molecule has 1 aromatic heterocycles. The molecule has 2 aromatic carbocycles. The van der Waals surface area contributed by atoms with Crippen LogP contribution in [0, 0.1) is 0 Å². The van der Waals surface area contributed by atoms with Crippen LogP contribution < -0.4 is 15.8 Å². The number of ether oxygens (including phenoxy) is 1. The summed E-state index contributed by atoms with van der Waals surface area (Å²) < 4.78 is 5.79. The molecule has 5 nitrogen and oxygen atoms in total. The average molecular weight is 319 g/mol. The van der Waals surface area contributed by atoms with Crippen molar-refractivity contribution >= 4 is 11.7 Å². The normalized spacial score (nSPS) is 10.2. The van der Waals surface area contributed by atoms with Gasteiger partial charge in [-0.2, -0.15) is 0 Å². The lowest BCUT2D eigenvalue weighted by molar-refractivity contribution is 0.0950. The molecule has 0 spiro atoms. The van der Waals surface area contributed by atoms with Gasteiger partial charge in [-0.1, -0.05) is 30.3 Å². The molecule has 0 atom stereocenters. The highest BCUT2D eigenvalue weighted by atomic mass is 16.5. The maximum atomic E-state index is 12.1. The number of nitrogens with one attached hydrogen (secondary N) is 1. The van der Waals surface area contributed by atoms with Crippen molar-refractivity contribution in [3.63, 3.8) is 0 Å². The zero-order valence-electron chi connectivity index (χ0n) is 13.0. The second-order valence-corrected chi connectivity index (χ2v) is 5.22. The molecule has 0 unspecified atom stereocenters. The smallest absolute Gasteiger partial charge is 0.253 e. The van der Waals surface area contributed by atoms with Gasteiger partial charge < -0.3 is 15.8 Å². The van der Waals surface area contributed by atoms with E-state index >= 15 is 0 Å². The topological polar surface area (TPSA) is 77.2 Å². The summed E-state index contributed by atoms with van der Waals surface area (Å²) in [6, 6.07) is 20.4. The Kier molecular flexibility index (Phi) is 4.72. The molecule has 0 fully saturated rings. The van der Waals surface area contributed by atoms with E-state index in [1.54, 1.807) is 12.1 Å². The molecule has 5 heteroatoms. The molecule has 1 heterocycles. The summed E-state index contributed by atoms with van der Waals surface area (Å²) in [5, 5.41) is 2.85. The predicted molar refractivity (Wildman–Crippen MR) is 92.8 cm³/mol. The zero-order chi connectivity index (χ0) is 16.8. The number of nitrogen functional groups attached to an aromatic ring is 1. The number of anilines is 1. The summed E-state index contributed by atoms with van der Waals surface area (Å²) in [6.45, 7) is 0.398. The predicted octanol–water partition coefficient (Wildman–Crippen LogP) is 3.39. The molecule has 3 N–H and O–H groups in total. The van der Waals surface area contributed by atoms with Gasteiger partial charge in [-0.25, -0.2) is 4.98 Å². The van der Waals surface area contributed by atoms with E-state index in [0.717, 1.165) is 17.1 Å². The molecule has 0 radical (unpaired) electrons. The third-order valence-corrected chi connectivity index (χ3v) is 3.38. The first-order chi connectivity index (χ1) is 11.7. The maximum Gasteiger partial charge on any atom is 0.253 e. The van der Waals surface area contributed by atoms with E-state index in [0.29, 0.717) is 17.9 Å². The fraction of sp³-hybridized carbons (Fsp3) is 0.0526. The Balaban J connectivity index is 1.62. The van der Waals surface area contributed by atoms with Crippen molar-refractivity contribution in [2.75, 3.05) is 5.73 Å². The van der Waals surface area contributed by atoms with Crippen LogP contribution in [0.2, 0.25) is 0 Å². The molecule has 120 valence electrons. The van der Waals surface area contributed by atoms with Crippen molar-refractivity contribution in [1.29, 1.82) is 0 Å². The van der Waals surface area contributed by atoms with E-state index in [1.165, 1.54) is 6.20 Å². The Morgan fingerprint density at radius 1 is 1.00 bits per heavy atom. The number of para-hydroxylation sites is 1. The molecule has 3 rings (SSSR count). The second kappa shape index (κ2) is 7.28. The van der Waals surface area contributed by atoms with Crippen LogP contribution in [0.15, 0.2) is 72.9 Å². The van der Waals surface area contributed by atoms with Crippen molar-refractivity contribution in [3.8, 4) is 11.5 Å². The van der Waals surface area contributed by atoms with Crippen molar-refractivity contribution in [1.82, 2.24) is 10.3 Å². The SMILES string of the molecule is Nc1ccc(C(=O)NCc2cccc(Oc3ccccc3)c2)cn1. The molecule has 3 aromatic rings. The summed E-state index contributed by atoms with van der Waals surface area (Å²) in [6.07, 6.45) is 1.46. The summed E-state index contributed by atoms with van der Waals surface area (Å²) in [4.78, 5) is 16.0. The van der Waals surface area contributed by atoms with Crippen LogP contribution in [0.5, 0.6) is 11.5 Å². The molecule has 0 aliphatic rings. The van der Waals surface area contributed by atoms with Crippen molar-refractivity contribution in [3.05, 3.63) is 84.1 Å². The Morgan fingerprint density at radius 3 is 2.54 bits per heavy atom. The van der Waals surface area contributed by atoms with Crippen LogP contribution in [-0.2, 0) is 6.54 Å². The van der Waals surface area contributed by atoms with Crippen LogP contribution in [-0.4, -0.2) is 10.9 Å². The fourth-order valence-electron chi connectivity index (χ4n) is 2.17. The first-order valence-corrected chi connectivity index (χ1v) is 7.52. The number of nitrogens with zero attached hydrogens (tertiary/aromatic N) is 1. The number of amides is 1. The quantitative estimate of drug-likeness (QED) is 0.756. The van der Waals surface area contributed by atoms with Gasteiger partial charge in [0.15, 0.2) is 0 Å². The Bertz CT molecular complexity index is 818. The van der Waals surface area contributed by atoms with E-state index in [-0.39, 0.29) is 5.91 Å². The number of hydrogen-bond donors (Lipinski definition) is 2. The van der Waals surface area contributed by atoms with Gasteiger partial charge in [-0.3, -0.25) is 4.79 Å². The lowest BCUT2D eigenvalue weighted by Gasteiger charge is -2.09. The number of rotatable bonds is 5. The highest BCUT2D eigenvalue weighted by Crippen LogP contribution is 2.21. The van der Waals surface area contributed by atoms with E-state index < -0.39 is 0 Å². The summed E-state index contributed by atoms with van der Waals surface area (Å²) in [5.74, 6) is 1.68. The van der Waals surface area contributed by atoms with Gasteiger partial charge in [0.2, 0.25) is 0 Å². The standard InChI is InChI=1S/C19H17N3O2/c20-18-10-9-15(13-21-18)19(23)22-12-14-5-4-8-17(11-14)24-16-6-2-1-3-7-16/h1-11,13H,12H2,(H2,20,21)(H,22,23). The van der Waals surface area contributed by atoms with E-state index in [9.17, 15) is 4.79 Å². The number of carbonyl (C=O) groups excluding carboxylic acids is 1. The van der Waals surface area contributed by atoms with Crippen molar-refractivity contribution < 1.29 is 9.53 Å². The van der Waals surface area contributed by atoms with Gasteiger partial charge in [-0.15, -0.1) is 0 Å². The van der Waals surface area contributed by atoms with E-state index in [1.807, 2.05) is 54.6 Å². The number of benzene rings is 2. The highest BCUT2D eigenvalue weighted by Gasteiger charge is 2.06. The minimum absolute atomic E-state index is 0.197. The van der Waals surface area contributed by atoms with Crippen molar-refractivity contribution in [2.45, 2.75) is 6.54 Å². The number of hydrogen-bond acceptors (Lipinski definition) is 4. The molecule has 0 aliphatic carbocycles. The molecule has 0 saturated heterocycles. The van der Waals surface area contributed by atoms with Gasteiger partial charge in [0, 0.05) is 12.7 Å². The first kappa shape index (κ1) is 15.6. The Morgan fingerprint density at radius 2 is 1.79 bits per heavy atom. The molecular formula is C19H17N3O2. The number of nitrogens with two attached hydrogens (primary N) is 1.